The van der Waals surface area contributed by atoms with E-state index in [9.17, 15) is 13.2 Å². The summed E-state index contributed by atoms with van der Waals surface area (Å²) in [6, 6.07) is 3.54. The van der Waals surface area contributed by atoms with Crippen LogP contribution in [0.3, 0.4) is 0 Å². The number of halogens is 4. The van der Waals surface area contributed by atoms with Gasteiger partial charge in [0, 0.05) is 22.4 Å². The molecular weight excluding hydrogens is 347 g/mol. The SMILES string of the molecule is CCNC(c1cncnc1)c1ccc(Br)cc1C(F)(F)F. The lowest BCUT2D eigenvalue weighted by atomic mass is 9.95. The first-order valence-electron chi connectivity index (χ1n) is 6.28. The van der Waals surface area contributed by atoms with Crippen LogP contribution >= 0.6 is 15.9 Å². The van der Waals surface area contributed by atoms with E-state index in [1.54, 1.807) is 6.07 Å². The molecule has 0 fully saturated rings. The molecule has 1 heterocycles. The molecule has 1 atom stereocenters. The normalized spacial score (nSPS) is 13.2. The number of alkyl halides is 3. The number of rotatable bonds is 4. The molecule has 0 aliphatic rings. The highest BCUT2D eigenvalue weighted by Gasteiger charge is 2.35. The molecule has 2 rings (SSSR count). The van der Waals surface area contributed by atoms with Gasteiger partial charge in [-0.25, -0.2) is 9.97 Å². The Hall–Kier alpha value is -1.47. The van der Waals surface area contributed by atoms with Crippen molar-refractivity contribution in [1.29, 1.82) is 0 Å². The molecule has 1 unspecified atom stereocenters. The second-order valence-corrected chi connectivity index (χ2v) is 5.31. The maximum absolute atomic E-state index is 13.3. The van der Waals surface area contributed by atoms with Crippen LogP contribution in [0, 0.1) is 0 Å². The van der Waals surface area contributed by atoms with E-state index in [1.807, 2.05) is 6.92 Å². The lowest BCUT2D eigenvalue weighted by Gasteiger charge is -2.22. The first kappa shape index (κ1) is 15.9. The van der Waals surface area contributed by atoms with E-state index in [0.717, 1.165) is 6.07 Å². The van der Waals surface area contributed by atoms with Crippen molar-refractivity contribution in [3.05, 3.63) is 58.1 Å². The summed E-state index contributed by atoms with van der Waals surface area (Å²) in [5, 5.41) is 3.05. The maximum atomic E-state index is 13.3. The molecule has 1 N–H and O–H groups in total. The summed E-state index contributed by atoms with van der Waals surface area (Å²) in [5.41, 5.74) is 0.0706. The second kappa shape index (κ2) is 6.53. The van der Waals surface area contributed by atoms with Gasteiger partial charge in [0.05, 0.1) is 11.6 Å². The van der Waals surface area contributed by atoms with Crippen LogP contribution in [0.5, 0.6) is 0 Å². The minimum Gasteiger partial charge on any atom is -0.306 e. The van der Waals surface area contributed by atoms with Gasteiger partial charge in [0.25, 0.3) is 0 Å². The molecule has 21 heavy (non-hydrogen) atoms. The Morgan fingerprint density at radius 3 is 2.48 bits per heavy atom. The number of hydrogen-bond donors (Lipinski definition) is 1. The number of benzene rings is 1. The van der Waals surface area contributed by atoms with Crippen LogP contribution in [-0.2, 0) is 6.18 Å². The lowest BCUT2D eigenvalue weighted by molar-refractivity contribution is -0.138. The fourth-order valence-electron chi connectivity index (χ4n) is 2.10. The van der Waals surface area contributed by atoms with Crippen molar-refractivity contribution in [3.63, 3.8) is 0 Å². The van der Waals surface area contributed by atoms with Crippen molar-refractivity contribution in [3.8, 4) is 0 Å². The molecule has 0 radical (unpaired) electrons. The van der Waals surface area contributed by atoms with E-state index in [-0.39, 0.29) is 5.56 Å². The van der Waals surface area contributed by atoms with E-state index in [2.05, 4.69) is 31.2 Å². The Morgan fingerprint density at radius 2 is 1.90 bits per heavy atom. The van der Waals surface area contributed by atoms with Crippen LogP contribution in [0.15, 0.2) is 41.4 Å². The van der Waals surface area contributed by atoms with E-state index < -0.39 is 17.8 Å². The predicted molar refractivity (Wildman–Crippen MR) is 76.7 cm³/mol. The third-order valence-electron chi connectivity index (χ3n) is 2.95. The monoisotopic (exact) mass is 359 g/mol. The summed E-state index contributed by atoms with van der Waals surface area (Å²) in [4.78, 5) is 7.76. The minimum atomic E-state index is -4.43. The second-order valence-electron chi connectivity index (χ2n) is 4.39. The average molecular weight is 360 g/mol. The average Bonchev–Trinajstić information content (AvgIpc) is 2.45. The van der Waals surface area contributed by atoms with Gasteiger partial charge in [-0.05, 0) is 24.2 Å². The van der Waals surface area contributed by atoms with Crippen molar-refractivity contribution in [2.75, 3.05) is 6.54 Å². The predicted octanol–water partition coefficient (Wildman–Crippen LogP) is 3.96. The Kier molecular flexibility index (Phi) is 4.95. The molecule has 0 aliphatic heterocycles. The fraction of sp³-hybridized carbons (Fsp3) is 0.286. The van der Waals surface area contributed by atoms with Gasteiger partial charge in [-0.1, -0.05) is 28.9 Å². The Bertz CT molecular complexity index is 602. The highest BCUT2D eigenvalue weighted by atomic mass is 79.9. The zero-order chi connectivity index (χ0) is 15.5. The van der Waals surface area contributed by atoms with Gasteiger partial charge in [0.15, 0.2) is 0 Å². The highest BCUT2D eigenvalue weighted by Crippen LogP contribution is 2.37. The zero-order valence-electron chi connectivity index (χ0n) is 11.2. The molecule has 1 aromatic carbocycles. The molecule has 112 valence electrons. The highest BCUT2D eigenvalue weighted by molar-refractivity contribution is 9.10. The molecule has 7 heteroatoms. The molecule has 0 spiro atoms. The number of nitrogens with zero attached hydrogens (tertiary/aromatic N) is 2. The third-order valence-corrected chi connectivity index (χ3v) is 3.45. The fourth-order valence-corrected chi connectivity index (χ4v) is 2.46. The van der Waals surface area contributed by atoms with Crippen LogP contribution in [0.2, 0.25) is 0 Å². The summed E-state index contributed by atoms with van der Waals surface area (Å²) in [7, 11) is 0. The maximum Gasteiger partial charge on any atom is 0.416 e. The molecule has 0 bridgehead atoms. The van der Waals surface area contributed by atoms with Gasteiger partial charge < -0.3 is 5.32 Å². The summed E-state index contributed by atoms with van der Waals surface area (Å²) >= 11 is 3.09. The van der Waals surface area contributed by atoms with E-state index in [4.69, 9.17) is 0 Å². The van der Waals surface area contributed by atoms with Crippen molar-refractivity contribution >= 4 is 15.9 Å². The number of hydrogen-bond acceptors (Lipinski definition) is 3. The first-order chi connectivity index (χ1) is 9.93. The summed E-state index contributed by atoms with van der Waals surface area (Å²) < 4.78 is 40.2. The lowest BCUT2D eigenvalue weighted by Crippen LogP contribution is -2.25. The van der Waals surface area contributed by atoms with E-state index in [1.165, 1.54) is 24.8 Å². The molecule has 2 aromatic rings. The van der Waals surface area contributed by atoms with Crippen LogP contribution in [-0.4, -0.2) is 16.5 Å². The standard InChI is InChI=1S/C14H13BrF3N3/c1-2-21-13(9-6-19-8-20-7-9)11-4-3-10(15)5-12(11)14(16,17)18/h3-8,13,21H,2H2,1H3. The molecule has 0 aliphatic carbocycles. The van der Waals surface area contributed by atoms with Crippen LogP contribution in [0.25, 0.3) is 0 Å². The zero-order valence-corrected chi connectivity index (χ0v) is 12.7. The molecular formula is C14H13BrF3N3. The van der Waals surface area contributed by atoms with E-state index in [0.29, 0.717) is 16.6 Å². The molecule has 0 saturated carbocycles. The Labute approximate surface area is 128 Å². The smallest absolute Gasteiger partial charge is 0.306 e. The molecule has 0 amide bonds. The van der Waals surface area contributed by atoms with Crippen molar-refractivity contribution in [2.45, 2.75) is 19.1 Å². The number of aromatic nitrogens is 2. The third kappa shape index (κ3) is 3.79. The van der Waals surface area contributed by atoms with Gasteiger partial charge in [-0.2, -0.15) is 13.2 Å². The first-order valence-corrected chi connectivity index (χ1v) is 7.07. The largest absolute Gasteiger partial charge is 0.416 e. The van der Waals surface area contributed by atoms with Crippen molar-refractivity contribution in [2.24, 2.45) is 0 Å². The quantitative estimate of drug-likeness (QED) is 0.897. The van der Waals surface area contributed by atoms with Gasteiger partial charge in [-0.3, -0.25) is 0 Å². The van der Waals surface area contributed by atoms with Gasteiger partial charge in [0.2, 0.25) is 0 Å². The summed E-state index contributed by atoms with van der Waals surface area (Å²) in [6.07, 6.45) is -0.0494. The summed E-state index contributed by atoms with van der Waals surface area (Å²) in [6.45, 7) is 2.36. The topological polar surface area (TPSA) is 37.8 Å². The van der Waals surface area contributed by atoms with Crippen molar-refractivity contribution in [1.82, 2.24) is 15.3 Å². The number of nitrogens with one attached hydrogen (secondary N) is 1. The molecule has 3 nitrogen and oxygen atoms in total. The Balaban J connectivity index is 2.56. The van der Waals surface area contributed by atoms with Gasteiger partial charge in [-0.15, -0.1) is 0 Å². The van der Waals surface area contributed by atoms with Crippen LogP contribution in [0.4, 0.5) is 13.2 Å². The summed E-state index contributed by atoms with van der Waals surface area (Å²) in [5.74, 6) is 0. The van der Waals surface area contributed by atoms with Crippen molar-refractivity contribution < 1.29 is 13.2 Å². The van der Waals surface area contributed by atoms with Gasteiger partial charge >= 0.3 is 6.18 Å². The van der Waals surface area contributed by atoms with Gasteiger partial charge in [0.1, 0.15) is 6.33 Å². The molecule has 1 aromatic heterocycles. The van der Waals surface area contributed by atoms with Crippen LogP contribution < -0.4 is 5.32 Å². The van der Waals surface area contributed by atoms with Crippen LogP contribution in [0.1, 0.15) is 29.7 Å². The Morgan fingerprint density at radius 1 is 1.24 bits per heavy atom. The minimum absolute atomic E-state index is 0.155. The van der Waals surface area contributed by atoms with E-state index >= 15 is 0 Å². The molecule has 0 saturated heterocycles.